The van der Waals surface area contributed by atoms with Crippen molar-refractivity contribution in [1.29, 1.82) is 0 Å². The fourth-order valence-electron chi connectivity index (χ4n) is 0.653. The standard InChI is InChI=1S/C6H6N3O2P/c7-6(10)4-1-2-5(8-3-4)9-12-11/h1-3H,(H2,7,10)(H,8,9,11). The average Bonchev–Trinajstić information content (AvgIpc) is 2.06. The number of hydrogen-bond acceptors (Lipinski definition) is 3. The number of carbonyl (C=O) groups excluding carboxylic acids is 1. The molecular formula is C6H6N3O2P. The number of hydrogen-bond donors (Lipinski definition) is 2. The lowest BCUT2D eigenvalue weighted by Gasteiger charge is -1.96. The third-order valence-electron chi connectivity index (χ3n) is 1.21. The number of amides is 1. The van der Waals surface area contributed by atoms with Crippen molar-refractivity contribution >= 4 is 20.3 Å². The number of nitrogens with two attached hydrogens (primary N) is 1. The average molecular weight is 183 g/mol. The fraction of sp³-hybridized carbons (Fsp3) is 0. The lowest BCUT2D eigenvalue weighted by molar-refractivity contribution is 0.1000. The van der Waals surface area contributed by atoms with E-state index < -0.39 is 5.91 Å². The second-order valence-electron chi connectivity index (χ2n) is 2.00. The normalized spacial score (nSPS) is 9.67. The van der Waals surface area contributed by atoms with Gasteiger partial charge in [0.1, 0.15) is 5.82 Å². The minimum absolute atomic E-state index is 0.231. The van der Waals surface area contributed by atoms with E-state index in [-0.39, 0.29) is 8.61 Å². The van der Waals surface area contributed by atoms with Crippen LogP contribution >= 0.6 is 8.61 Å². The van der Waals surface area contributed by atoms with Gasteiger partial charge in [0.2, 0.25) is 5.91 Å². The molecule has 1 heterocycles. The van der Waals surface area contributed by atoms with Gasteiger partial charge in [-0.05, 0) is 12.1 Å². The van der Waals surface area contributed by atoms with Crippen molar-refractivity contribution in [2.75, 3.05) is 5.09 Å². The largest absolute Gasteiger partial charge is 0.366 e. The van der Waals surface area contributed by atoms with Gasteiger partial charge in [0.25, 0.3) is 8.61 Å². The van der Waals surface area contributed by atoms with Crippen LogP contribution in [0, 0.1) is 0 Å². The minimum atomic E-state index is -0.534. The Hall–Kier alpha value is -1.48. The van der Waals surface area contributed by atoms with Gasteiger partial charge in [-0.3, -0.25) is 9.88 Å². The minimum Gasteiger partial charge on any atom is -0.366 e. The van der Waals surface area contributed by atoms with Crippen molar-refractivity contribution < 1.29 is 9.36 Å². The van der Waals surface area contributed by atoms with E-state index in [1.165, 1.54) is 18.3 Å². The molecular weight excluding hydrogens is 177 g/mol. The highest BCUT2D eigenvalue weighted by molar-refractivity contribution is 7.25. The first-order chi connectivity index (χ1) is 5.74. The molecule has 0 bridgehead atoms. The zero-order valence-corrected chi connectivity index (χ0v) is 6.91. The van der Waals surface area contributed by atoms with Crippen molar-refractivity contribution in [3.63, 3.8) is 0 Å². The summed E-state index contributed by atoms with van der Waals surface area (Å²) in [6.45, 7) is 0. The van der Waals surface area contributed by atoms with Crippen molar-refractivity contribution in [2.24, 2.45) is 5.73 Å². The van der Waals surface area contributed by atoms with Crippen molar-refractivity contribution in [2.45, 2.75) is 0 Å². The van der Waals surface area contributed by atoms with Gasteiger partial charge in [0, 0.05) is 6.20 Å². The van der Waals surface area contributed by atoms with Crippen LogP contribution in [0.25, 0.3) is 0 Å². The zero-order chi connectivity index (χ0) is 8.97. The Bertz CT molecular complexity index is 298. The van der Waals surface area contributed by atoms with Gasteiger partial charge in [-0.25, -0.2) is 9.55 Å². The molecule has 0 saturated heterocycles. The van der Waals surface area contributed by atoms with Crippen LogP contribution < -0.4 is 10.8 Å². The molecule has 1 rings (SSSR count). The first-order valence-electron chi connectivity index (χ1n) is 3.08. The molecule has 0 aliphatic carbocycles. The maximum Gasteiger partial charge on any atom is 0.280 e. The Balaban J connectivity index is 2.85. The molecule has 1 aromatic rings. The third kappa shape index (κ3) is 2.00. The summed E-state index contributed by atoms with van der Waals surface area (Å²) < 4.78 is 10.0. The van der Waals surface area contributed by atoms with E-state index in [9.17, 15) is 9.36 Å². The molecule has 0 aliphatic rings. The molecule has 62 valence electrons. The number of rotatable bonds is 3. The number of carbonyl (C=O) groups is 1. The molecule has 0 radical (unpaired) electrons. The first kappa shape index (κ1) is 8.62. The highest BCUT2D eigenvalue weighted by Gasteiger charge is 1.99. The van der Waals surface area contributed by atoms with Gasteiger partial charge in [-0.15, -0.1) is 0 Å². The molecule has 12 heavy (non-hydrogen) atoms. The fourth-order valence-corrected chi connectivity index (χ4v) is 0.878. The lowest BCUT2D eigenvalue weighted by atomic mass is 10.3. The highest BCUT2D eigenvalue weighted by atomic mass is 31.1. The highest BCUT2D eigenvalue weighted by Crippen LogP contribution is 2.07. The molecule has 0 saturated carbocycles. The predicted molar refractivity (Wildman–Crippen MR) is 44.0 cm³/mol. The molecule has 0 aromatic carbocycles. The molecule has 0 atom stereocenters. The van der Waals surface area contributed by atoms with Gasteiger partial charge in [0.15, 0.2) is 0 Å². The SMILES string of the molecule is NC(=O)c1ccc(NP=O)nc1. The van der Waals surface area contributed by atoms with E-state index >= 15 is 0 Å². The number of nitrogens with zero attached hydrogens (tertiary/aromatic N) is 1. The molecule has 0 fully saturated rings. The molecule has 0 aliphatic heterocycles. The van der Waals surface area contributed by atoms with Gasteiger partial charge in [-0.2, -0.15) is 0 Å². The molecule has 1 aromatic heterocycles. The van der Waals surface area contributed by atoms with Crippen LogP contribution in [0.15, 0.2) is 18.3 Å². The predicted octanol–water partition coefficient (Wildman–Crippen LogP) is 0.799. The van der Waals surface area contributed by atoms with Crippen LogP contribution in [-0.4, -0.2) is 10.9 Å². The van der Waals surface area contributed by atoms with E-state index in [0.717, 1.165) is 0 Å². The van der Waals surface area contributed by atoms with Gasteiger partial charge < -0.3 is 5.73 Å². The van der Waals surface area contributed by atoms with Crippen molar-refractivity contribution in [3.8, 4) is 0 Å². The van der Waals surface area contributed by atoms with Crippen LogP contribution in [-0.2, 0) is 4.57 Å². The van der Waals surface area contributed by atoms with Crippen LogP contribution in [0.5, 0.6) is 0 Å². The van der Waals surface area contributed by atoms with Crippen LogP contribution in [0.2, 0.25) is 0 Å². The van der Waals surface area contributed by atoms with Crippen molar-refractivity contribution in [1.82, 2.24) is 4.98 Å². The summed E-state index contributed by atoms with van der Waals surface area (Å²) in [5.41, 5.74) is 5.30. The number of nitrogens with one attached hydrogen (secondary N) is 1. The molecule has 3 N–H and O–H groups in total. The Labute approximate surface area is 70.2 Å². The Morgan fingerprint density at radius 1 is 1.58 bits per heavy atom. The second-order valence-corrected chi connectivity index (χ2v) is 2.41. The topological polar surface area (TPSA) is 85.1 Å². The summed E-state index contributed by atoms with van der Waals surface area (Å²) >= 11 is 0. The van der Waals surface area contributed by atoms with E-state index in [0.29, 0.717) is 11.4 Å². The quantitative estimate of drug-likeness (QED) is 0.678. The first-order valence-corrected chi connectivity index (χ1v) is 3.89. The van der Waals surface area contributed by atoms with Crippen LogP contribution in [0.3, 0.4) is 0 Å². The second kappa shape index (κ2) is 3.78. The van der Waals surface area contributed by atoms with Crippen molar-refractivity contribution in [3.05, 3.63) is 23.9 Å². The monoisotopic (exact) mass is 183 g/mol. The molecule has 1 amide bonds. The maximum atomic E-state index is 10.6. The van der Waals surface area contributed by atoms with E-state index in [4.69, 9.17) is 5.73 Å². The van der Waals surface area contributed by atoms with Crippen LogP contribution in [0.1, 0.15) is 10.4 Å². The van der Waals surface area contributed by atoms with E-state index in [2.05, 4.69) is 10.1 Å². The van der Waals surface area contributed by atoms with Gasteiger partial charge >= 0.3 is 0 Å². The number of pyridine rings is 1. The van der Waals surface area contributed by atoms with Gasteiger partial charge in [0.05, 0.1) is 5.56 Å². The third-order valence-corrected chi connectivity index (χ3v) is 1.53. The zero-order valence-electron chi connectivity index (χ0n) is 6.02. The summed E-state index contributed by atoms with van der Waals surface area (Å²) in [6.07, 6.45) is 1.32. The smallest absolute Gasteiger partial charge is 0.280 e. The summed E-state index contributed by atoms with van der Waals surface area (Å²) in [5.74, 6) is -0.106. The number of aromatic nitrogens is 1. The number of primary amides is 1. The Kier molecular flexibility index (Phi) is 2.71. The molecule has 0 unspecified atom stereocenters. The summed E-state index contributed by atoms with van der Waals surface area (Å²) in [6, 6.07) is 3.02. The Morgan fingerprint density at radius 2 is 2.33 bits per heavy atom. The summed E-state index contributed by atoms with van der Waals surface area (Å²) in [4.78, 5) is 14.3. The maximum absolute atomic E-state index is 10.6. The molecule has 0 spiro atoms. The molecule has 6 heteroatoms. The van der Waals surface area contributed by atoms with Crippen LogP contribution in [0.4, 0.5) is 5.82 Å². The van der Waals surface area contributed by atoms with E-state index in [1.54, 1.807) is 0 Å². The van der Waals surface area contributed by atoms with Gasteiger partial charge in [-0.1, -0.05) is 0 Å². The lowest BCUT2D eigenvalue weighted by Crippen LogP contribution is -2.10. The van der Waals surface area contributed by atoms with E-state index in [1.807, 2.05) is 0 Å². The number of anilines is 1. The molecule has 5 nitrogen and oxygen atoms in total. The summed E-state index contributed by atoms with van der Waals surface area (Å²) in [5, 5.41) is 2.43. The Morgan fingerprint density at radius 3 is 2.75 bits per heavy atom. The summed E-state index contributed by atoms with van der Waals surface area (Å²) in [7, 11) is -0.231.